The van der Waals surface area contributed by atoms with Crippen LogP contribution in [0.25, 0.3) is 0 Å². The molecule has 20 heavy (non-hydrogen) atoms. The van der Waals surface area contributed by atoms with Gasteiger partial charge in [0.05, 0.1) is 5.41 Å². The van der Waals surface area contributed by atoms with E-state index in [9.17, 15) is 27.9 Å². The van der Waals surface area contributed by atoms with Crippen molar-refractivity contribution in [3.05, 3.63) is 29.6 Å². The number of carbonyl (C=O) groups is 2. The van der Waals surface area contributed by atoms with Gasteiger partial charge < -0.3 is 5.11 Å². The van der Waals surface area contributed by atoms with Gasteiger partial charge in [0.1, 0.15) is 11.5 Å². The van der Waals surface area contributed by atoms with E-state index in [1.165, 1.54) is 0 Å². The number of hydrogen-bond acceptors (Lipinski definition) is 3. The van der Waals surface area contributed by atoms with E-state index in [4.69, 9.17) is 0 Å². The van der Waals surface area contributed by atoms with E-state index in [1.807, 2.05) is 0 Å². The zero-order valence-electron chi connectivity index (χ0n) is 10.4. The molecule has 1 heterocycles. The second-order valence-corrected chi connectivity index (χ2v) is 4.86. The third-order valence-corrected chi connectivity index (χ3v) is 3.68. The highest BCUT2D eigenvalue weighted by molar-refractivity contribution is 5.87. The van der Waals surface area contributed by atoms with Crippen LogP contribution in [0.4, 0.5) is 13.2 Å². The van der Waals surface area contributed by atoms with Crippen molar-refractivity contribution >= 4 is 11.8 Å². The number of carbonyl (C=O) groups excluding carboxylic acids is 1. The van der Waals surface area contributed by atoms with Crippen LogP contribution in [0, 0.1) is 0 Å². The topological polar surface area (TPSA) is 67.3 Å². The molecule has 0 atom stereocenters. The van der Waals surface area contributed by atoms with E-state index in [0.29, 0.717) is 0 Å². The maximum Gasteiger partial charge on any atom is 0.433 e. The molecule has 1 fully saturated rings. The average Bonchev–Trinajstić information content (AvgIpc) is 2.39. The summed E-state index contributed by atoms with van der Waals surface area (Å²) >= 11 is 0. The Morgan fingerprint density at radius 3 is 2.25 bits per heavy atom. The van der Waals surface area contributed by atoms with E-state index in [-0.39, 0.29) is 37.0 Å². The van der Waals surface area contributed by atoms with Crippen molar-refractivity contribution in [1.29, 1.82) is 0 Å². The average molecular weight is 287 g/mol. The largest absolute Gasteiger partial charge is 0.481 e. The Hall–Kier alpha value is -1.92. The fourth-order valence-corrected chi connectivity index (χ4v) is 2.43. The predicted molar refractivity (Wildman–Crippen MR) is 62.0 cm³/mol. The summed E-state index contributed by atoms with van der Waals surface area (Å²) in [6.45, 7) is 0. The molecule has 0 unspecified atom stereocenters. The number of carboxylic acids is 1. The number of carboxylic acid groups (broad SMARTS) is 1. The lowest BCUT2D eigenvalue weighted by atomic mass is 9.69. The van der Waals surface area contributed by atoms with E-state index in [2.05, 4.69) is 4.98 Å². The van der Waals surface area contributed by atoms with E-state index in [1.54, 1.807) is 0 Å². The number of alkyl halides is 3. The Labute approximate surface area is 112 Å². The summed E-state index contributed by atoms with van der Waals surface area (Å²) in [7, 11) is 0. The standard InChI is InChI=1S/C13H12F3NO3/c14-13(15,16)10-2-1-8(7-17-10)12(11(19)20)5-3-9(18)4-6-12/h1-2,7H,3-6H2,(H,19,20). The third-order valence-electron chi connectivity index (χ3n) is 3.68. The maximum absolute atomic E-state index is 12.4. The minimum atomic E-state index is -4.56. The molecule has 1 saturated carbocycles. The van der Waals surface area contributed by atoms with Gasteiger partial charge in [-0.05, 0) is 24.5 Å². The molecule has 1 aromatic rings. The second-order valence-electron chi connectivity index (χ2n) is 4.86. The van der Waals surface area contributed by atoms with Crippen LogP contribution in [-0.4, -0.2) is 21.8 Å². The monoisotopic (exact) mass is 287 g/mol. The van der Waals surface area contributed by atoms with Crippen molar-refractivity contribution in [2.45, 2.75) is 37.3 Å². The molecule has 2 rings (SSSR count). The minimum Gasteiger partial charge on any atom is -0.481 e. The highest BCUT2D eigenvalue weighted by atomic mass is 19.4. The Kier molecular flexibility index (Phi) is 3.54. The van der Waals surface area contributed by atoms with E-state index >= 15 is 0 Å². The molecule has 7 heteroatoms. The zero-order chi connectivity index (χ0) is 15.0. The number of ketones is 1. The molecule has 108 valence electrons. The highest BCUT2D eigenvalue weighted by Gasteiger charge is 2.44. The van der Waals surface area contributed by atoms with Crippen LogP contribution in [0.3, 0.4) is 0 Å². The number of aromatic nitrogens is 1. The number of nitrogens with zero attached hydrogens (tertiary/aromatic N) is 1. The van der Waals surface area contributed by atoms with Crippen LogP contribution in [0.1, 0.15) is 36.9 Å². The molecule has 0 spiro atoms. The van der Waals surface area contributed by atoms with Crippen LogP contribution < -0.4 is 0 Å². The third kappa shape index (κ3) is 2.52. The first-order valence-corrected chi connectivity index (χ1v) is 6.04. The van der Waals surface area contributed by atoms with Gasteiger partial charge in [0.2, 0.25) is 0 Å². The molecule has 0 aliphatic heterocycles. The Balaban J connectivity index is 2.36. The molecule has 4 nitrogen and oxygen atoms in total. The summed E-state index contributed by atoms with van der Waals surface area (Å²) in [5.74, 6) is -1.16. The second kappa shape index (κ2) is 4.88. The fraction of sp³-hybridized carbons (Fsp3) is 0.462. The van der Waals surface area contributed by atoms with E-state index < -0.39 is 23.3 Å². The summed E-state index contributed by atoms with van der Waals surface area (Å²) in [6.07, 6.45) is -3.19. The smallest absolute Gasteiger partial charge is 0.433 e. The SMILES string of the molecule is O=C1CCC(C(=O)O)(c2ccc(C(F)(F)F)nc2)CC1. The summed E-state index contributed by atoms with van der Waals surface area (Å²) < 4.78 is 37.3. The molecule has 0 aromatic carbocycles. The van der Waals surface area contributed by atoms with Crippen LogP contribution in [-0.2, 0) is 21.2 Å². The van der Waals surface area contributed by atoms with Gasteiger partial charge in [-0.1, -0.05) is 6.07 Å². The van der Waals surface area contributed by atoms with Gasteiger partial charge in [0, 0.05) is 19.0 Å². The van der Waals surface area contributed by atoms with Crippen molar-refractivity contribution in [2.75, 3.05) is 0 Å². The first kappa shape index (κ1) is 14.5. The maximum atomic E-state index is 12.4. The molecule has 0 radical (unpaired) electrons. The van der Waals surface area contributed by atoms with Crippen molar-refractivity contribution in [2.24, 2.45) is 0 Å². The Morgan fingerprint density at radius 2 is 1.85 bits per heavy atom. The van der Waals surface area contributed by atoms with Crippen molar-refractivity contribution in [1.82, 2.24) is 4.98 Å². The molecular weight excluding hydrogens is 275 g/mol. The minimum absolute atomic E-state index is 0.0262. The lowest BCUT2D eigenvalue weighted by Crippen LogP contribution is -2.40. The van der Waals surface area contributed by atoms with Gasteiger partial charge in [0.15, 0.2) is 0 Å². The van der Waals surface area contributed by atoms with Crippen LogP contribution in [0.15, 0.2) is 18.3 Å². The number of halogens is 3. The van der Waals surface area contributed by atoms with Crippen molar-refractivity contribution in [3.8, 4) is 0 Å². The molecule has 1 aliphatic rings. The summed E-state index contributed by atoms with van der Waals surface area (Å²) in [4.78, 5) is 26.0. The molecule has 1 aromatic heterocycles. The molecule has 1 N–H and O–H groups in total. The lowest BCUT2D eigenvalue weighted by Gasteiger charge is -2.32. The molecule has 0 saturated heterocycles. The predicted octanol–water partition coefficient (Wildman–Crippen LogP) is 2.57. The summed E-state index contributed by atoms with van der Waals surface area (Å²) in [5, 5.41) is 9.40. The number of rotatable bonds is 2. The quantitative estimate of drug-likeness (QED) is 0.907. The lowest BCUT2D eigenvalue weighted by molar-refractivity contribution is -0.146. The van der Waals surface area contributed by atoms with Gasteiger partial charge in [0.25, 0.3) is 0 Å². The first-order chi connectivity index (χ1) is 9.25. The number of hydrogen-bond donors (Lipinski definition) is 1. The fourth-order valence-electron chi connectivity index (χ4n) is 2.43. The molecule has 0 amide bonds. The van der Waals surface area contributed by atoms with E-state index in [0.717, 1.165) is 18.3 Å². The first-order valence-electron chi connectivity index (χ1n) is 6.04. The van der Waals surface area contributed by atoms with Crippen molar-refractivity contribution < 1.29 is 27.9 Å². The normalized spacial score (nSPS) is 18.9. The Morgan fingerprint density at radius 1 is 1.25 bits per heavy atom. The van der Waals surface area contributed by atoms with Gasteiger partial charge in [-0.15, -0.1) is 0 Å². The number of aliphatic carboxylic acids is 1. The van der Waals surface area contributed by atoms with Crippen molar-refractivity contribution in [3.63, 3.8) is 0 Å². The zero-order valence-corrected chi connectivity index (χ0v) is 10.4. The van der Waals surface area contributed by atoms with Gasteiger partial charge in [-0.3, -0.25) is 14.6 Å². The van der Waals surface area contributed by atoms with Crippen LogP contribution >= 0.6 is 0 Å². The number of Topliss-reactive ketones (excluding diaryl/α,β-unsaturated/α-hetero) is 1. The van der Waals surface area contributed by atoms with Gasteiger partial charge in [-0.25, -0.2) is 0 Å². The Bertz CT molecular complexity index is 527. The van der Waals surface area contributed by atoms with Crippen LogP contribution in [0.5, 0.6) is 0 Å². The summed E-state index contributed by atoms with van der Waals surface area (Å²) in [6, 6.07) is 1.91. The summed E-state index contributed by atoms with van der Waals surface area (Å²) in [5.41, 5.74) is -2.16. The molecular formula is C13H12F3NO3. The highest BCUT2D eigenvalue weighted by Crippen LogP contribution is 2.39. The molecule has 1 aliphatic carbocycles. The van der Waals surface area contributed by atoms with Gasteiger partial charge in [-0.2, -0.15) is 13.2 Å². The molecule has 0 bridgehead atoms. The number of pyridine rings is 1. The van der Waals surface area contributed by atoms with Gasteiger partial charge >= 0.3 is 12.1 Å². The van der Waals surface area contributed by atoms with Crippen LogP contribution in [0.2, 0.25) is 0 Å².